The largest absolute Gasteiger partial charge is 0.497 e. The number of pyridine rings is 1. The molecule has 1 atom stereocenters. The van der Waals surface area contributed by atoms with Crippen LogP contribution >= 0.6 is 0 Å². The standard InChI is InChI=1S/C26H28N2O7S/c1-17-6-12-21(13-7-17)36(31,32)28(16-24(29)34-4)18(2)25-22(26(30)35-5)14-15-23(27-25)19-8-10-20(33-3)11-9-19/h6-15,18H,16H2,1-5H3. The number of methoxy groups -OCH3 is 3. The SMILES string of the molecule is COC(=O)CN(C(C)c1nc(-c2ccc(OC)cc2)ccc1C(=O)OC)S(=O)(=O)c1ccc(C)cc1. The molecule has 0 aliphatic carbocycles. The van der Waals surface area contributed by atoms with Gasteiger partial charge < -0.3 is 14.2 Å². The maximum absolute atomic E-state index is 13.6. The number of rotatable bonds is 9. The highest BCUT2D eigenvalue weighted by Gasteiger charge is 2.35. The van der Waals surface area contributed by atoms with Crippen LogP contribution in [0, 0.1) is 6.92 Å². The number of carbonyl (C=O) groups is 2. The lowest BCUT2D eigenvalue weighted by molar-refractivity contribution is -0.141. The Bertz CT molecular complexity index is 1340. The number of nitrogens with zero attached hydrogens (tertiary/aromatic N) is 2. The summed E-state index contributed by atoms with van der Waals surface area (Å²) in [6.45, 7) is 2.81. The molecule has 10 heteroatoms. The minimum Gasteiger partial charge on any atom is -0.497 e. The summed E-state index contributed by atoms with van der Waals surface area (Å²) in [5, 5.41) is 0. The number of esters is 2. The molecule has 0 N–H and O–H groups in total. The molecule has 190 valence electrons. The molecule has 1 aromatic heterocycles. The van der Waals surface area contributed by atoms with E-state index in [2.05, 4.69) is 4.98 Å². The van der Waals surface area contributed by atoms with Crippen LogP contribution in [-0.4, -0.2) is 57.5 Å². The lowest BCUT2D eigenvalue weighted by atomic mass is 10.0. The van der Waals surface area contributed by atoms with Crippen molar-refractivity contribution in [2.75, 3.05) is 27.9 Å². The number of hydrogen-bond acceptors (Lipinski definition) is 8. The number of benzene rings is 2. The van der Waals surface area contributed by atoms with Gasteiger partial charge in [0.05, 0.1) is 49.2 Å². The second-order valence-corrected chi connectivity index (χ2v) is 9.86. The van der Waals surface area contributed by atoms with Crippen LogP contribution < -0.4 is 4.74 Å². The highest BCUT2D eigenvalue weighted by molar-refractivity contribution is 7.89. The van der Waals surface area contributed by atoms with Gasteiger partial charge in [0, 0.05) is 5.56 Å². The third kappa shape index (κ3) is 5.72. The van der Waals surface area contributed by atoms with E-state index in [9.17, 15) is 18.0 Å². The second kappa shape index (κ2) is 11.3. The van der Waals surface area contributed by atoms with Crippen LogP contribution in [0.25, 0.3) is 11.3 Å². The van der Waals surface area contributed by atoms with E-state index in [0.29, 0.717) is 11.4 Å². The van der Waals surface area contributed by atoms with E-state index < -0.39 is 34.5 Å². The van der Waals surface area contributed by atoms with E-state index in [1.165, 1.54) is 32.4 Å². The monoisotopic (exact) mass is 512 g/mol. The highest BCUT2D eigenvalue weighted by atomic mass is 32.2. The van der Waals surface area contributed by atoms with Gasteiger partial charge >= 0.3 is 11.9 Å². The number of aromatic nitrogens is 1. The van der Waals surface area contributed by atoms with Gasteiger partial charge in [-0.1, -0.05) is 17.7 Å². The normalized spacial score (nSPS) is 12.2. The van der Waals surface area contributed by atoms with Crippen LogP contribution in [-0.2, 0) is 24.3 Å². The predicted molar refractivity (Wildman–Crippen MR) is 133 cm³/mol. The summed E-state index contributed by atoms with van der Waals surface area (Å²) >= 11 is 0. The Morgan fingerprint density at radius 1 is 0.917 bits per heavy atom. The van der Waals surface area contributed by atoms with Crippen molar-refractivity contribution in [3.8, 4) is 17.0 Å². The Hall–Kier alpha value is -3.76. The highest BCUT2D eigenvalue weighted by Crippen LogP contribution is 2.31. The van der Waals surface area contributed by atoms with Gasteiger partial charge in [0.1, 0.15) is 12.3 Å². The van der Waals surface area contributed by atoms with Crippen molar-refractivity contribution >= 4 is 22.0 Å². The average molecular weight is 513 g/mol. The quantitative estimate of drug-likeness (QED) is 0.398. The summed E-state index contributed by atoms with van der Waals surface area (Å²) in [5.41, 5.74) is 2.31. The minimum absolute atomic E-state index is 0.00483. The Morgan fingerprint density at radius 2 is 1.56 bits per heavy atom. The van der Waals surface area contributed by atoms with Crippen molar-refractivity contribution in [3.05, 3.63) is 77.5 Å². The van der Waals surface area contributed by atoms with Crippen molar-refractivity contribution in [1.82, 2.24) is 9.29 Å². The maximum atomic E-state index is 13.6. The first kappa shape index (κ1) is 26.8. The Labute approximate surface area is 210 Å². The Kier molecular flexibility index (Phi) is 8.44. The van der Waals surface area contributed by atoms with Crippen LogP contribution in [0.2, 0.25) is 0 Å². The minimum atomic E-state index is -4.18. The van der Waals surface area contributed by atoms with Gasteiger partial charge in [0.2, 0.25) is 10.0 Å². The average Bonchev–Trinajstić information content (AvgIpc) is 2.90. The number of hydrogen-bond donors (Lipinski definition) is 0. The van der Waals surface area contributed by atoms with Crippen molar-refractivity contribution in [2.24, 2.45) is 0 Å². The molecule has 0 amide bonds. The van der Waals surface area contributed by atoms with E-state index >= 15 is 0 Å². The number of carbonyl (C=O) groups excluding carboxylic acids is 2. The fourth-order valence-corrected chi connectivity index (χ4v) is 5.14. The van der Waals surface area contributed by atoms with Gasteiger partial charge in [-0.05, 0) is 62.4 Å². The molecule has 2 aromatic carbocycles. The van der Waals surface area contributed by atoms with E-state index in [0.717, 1.165) is 15.4 Å². The van der Waals surface area contributed by atoms with E-state index in [1.807, 2.05) is 6.92 Å². The summed E-state index contributed by atoms with van der Waals surface area (Å²) in [4.78, 5) is 29.5. The molecule has 0 radical (unpaired) electrons. The molecule has 36 heavy (non-hydrogen) atoms. The Morgan fingerprint density at radius 3 is 2.11 bits per heavy atom. The first-order chi connectivity index (χ1) is 17.1. The fourth-order valence-electron chi connectivity index (χ4n) is 3.60. The molecular formula is C26H28N2O7S. The third-order valence-corrected chi connectivity index (χ3v) is 7.61. The Balaban J connectivity index is 2.16. The molecule has 0 aliphatic rings. The predicted octanol–water partition coefficient (Wildman–Crippen LogP) is 3.78. The first-order valence-corrected chi connectivity index (χ1v) is 12.5. The van der Waals surface area contributed by atoms with Crippen molar-refractivity contribution in [1.29, 1.82) is 0 Å². The van der Waals surface area contributed by atoms with Gasteiger partial charge in [-0.15, -0.1) is 0 Å². The lowest BCUT2D eigenvalue weighted by Crippen LogP contribution is -2.39. The van der Waals surface area contributed by atoms with Crippen molar-refractivity contribution in [3.63, 3.8) is 0 Å². The molecule has 0 saturated heterocycles. The summed E-state index contributed by atoms with van der Waals surface area (Å²) in [7, 11) is -0.226. The lowest BCUT2D eigenvalue weighted by Gasteiger charge is -2.28. The van der Waals surface area contributed by atoms with E-state index in [4.69, 9.17) is 14.2 Å². The molecule has 0 bridgehead atoms. The molecular weight excluding hydrogens is 484 g/mol. The van der Waals surface area contributed by atoms with Crippen LogP contribution in [0.4, 0.5) is 0 Å². The molecule has 3 rings (SSSR count). The van der Waals surface area contributed by atoms with Gasteiger partial charge in [-0.3, -0.25) is 9.78 Å². The molecule has 1 heterocycles. The molecule has 0 spiro atoms. The molecule has 0 aliphatic heterocycles. The molecule has 0 fully saturated rings. The molecule has 9 nitrogen and oxygen atoms in total. The number of aryl methyl sites for hydroxylation is 1. The first-order valence-electron chi connectivity index (χ1n) is 11.0. The number of ether oxygens (including phenoxy) is 3. The van der Waals surface area contributed by atoms with Crippen LogP contribution in [0.1, 0.15) is 34.6 Å². The van der Waals surface area contributed by atoms with Crippen molar-refractivity contribution in [2.45, 2.75) is 24.8 Å². The van der Waals surface area contributed by atoms with Gasteiger partial charge in [-0.2, -0.15) is 4.31 Å². The smallest absolute Gasteiger partial charge is 0.339 e. The fraction of sp³-hybridized carbons (Fsp3) is 0.269. The van der Waals surface area contributed by atoms with Crippen LogP contribution in [0.5, 0.6) is 5.75 Å². The number of sulfonamides is 1. The van der Waals surface area contributed by atoms with Crippen LogP contribution in [0.3, 0.4) is 0 Å². The molecule has 0 saturated carbocycles. The van der Waals surface area contributed by atoms with Crippen LogP contribution in [0.15, 0.2) is 65.6 Å². The zero-order chi connectivity index (χ0) is 26.5. The topological polar surface area (TPSA) is 112 Å². The summed E-state index contributed by atoms with van der Waals surface area (Å²) in [6, 6.07) is 15.5. The zero-order valence-corrected chi connectivity index (χ0v) is 21.5. The van der Waals surface area contributed by atoms with Gasteiger partial charge in [-0.25, -0.2) is 13.2 Å². The molecule has 3 aromatic rings. The van der Waals surface area contributed by atoms with E-state index in [1.54, 1.807) is 56.5 Å². The maximum Gasteiger partial charge on any atom is 0.339 e. The van der Waals surface area contributed by atoms with E-state index in [-0.39, 0.29) is 16.2 Å². The van der Waals surface area contributed by atoms with Crippen molar-refractivity contribution < 1.29 is 32.2 Å². The third-order valence-electron chi connectivity index (χ3n) is 5.68. The summed E-state index contributed by atoms with van der Waals surface area (Å²) in [6.07, 6.45) is 0. The molecule has 1 unspecified atom stereocenters. The van der Waals surface area contributed by atoms with Gasteiger partial charge in [0.25, 0.3) is 0 Å². The zero-order valence-electron chi connectivity index (χ0n) is 20.7. The van der Waals surface area contributed by atoms with Gasteiger partial charge in [0.15, 0.2) is 0 Å². The summed E-state index contributed by atoms with van der Waals surface area (Å²) in [5.74, 6) is -0.785. The summed E-state index contributed by atoms with van der Waals surface area (Å²) < 4.78 is 43.1. The second-order valence-electron chi connectivity index (χ2n) is 7.96.